The molecule has 0 radical (unpaired) electrons. The molecule has 94 valence electrons. The third-order valence-corrected chi connectivity index (χ3v) is 2.81. The van der Waals surface area contributed by atoms with Crippen molar-refractivity contribution in [3.63, 3.8) is 0 Å². The fourth-order valence-corrected chi connectivity index (χ4v) is 1.76. The monoisotopic (exact) mass is 293 g/mol. The smallest absolute Gasteiger partial charge is 0.275 e. The van der Waals surface area contributed by atoms with E-state index in [2.05, 4.69) is 0 Å². The Morgan fingerprint density at radius 3 is 2.18 bits per heavy atom. The number of amides is 1. The van der Waals surface area contributed by atoms with Crippen LogP contribution in [0.3, 0.4) is 0 Å². The first-order valence-electron chi connectivity index (χ1n) is 5.24. The van der Waals surface area contributed by atoms with Gasteiger partial charge in [0.15, 0.2) is 0 Å². The van der Waals surface area contributed by atoms with Crippen LogP contribution < -0.4 is 0 Å². The van der Waals surface area contributed by atoms with Gasteiger partial charge in [-0.15, -0.1) is 0 Å². The van der Waals surface area contributed by atoms with E-state index in [9.17, 15) is 4.79 Å². The topological polar surface area (TPSA) is 20.3 Å². The summed E-state index contributed by atoms with van der Waals surface area (Å²) in [6.07, 6.45) is 0. The normalized spacial score (nSPS) is 11.6. The molecule has 0 aliphatic carbocycles. The van der Waals surface area contributed by atoms with Crippen molar-refractivity contribution >= 4 is 40.7 Å². The van der Waals surface area contributed by atoms with Gasteiger partial charge in [-0.05, 0) is 19.4 Å². The zero-order valence-corrected chi connectivity index (χ0v) is 11.9. The second kappa shape index (κ2) is 5.94. The summed E-state index contributed by atoms with van der Waals surface area (Å²) in [5, 5.41) is 0. The van der Waals surface area contributed by atoms with E-state index < -0.39 is 9.70 Å². The molecular weight excluding hydrogens is 280 g/mol. The minimum atomic E-state index is -1.90. The van der Waals surface area contributed by atoms with E-state index in [1.165, 1.54) is 0 Å². The maximum atomic E-state index is 11.9. The van der Waals surface area contributed by atoms with Crippen molar-refractivity contribution in [3.05, 3.63) is 35.9 Å². The lowest BCUT2D eigenvalue weighted by Gasteiger charge is -2.29. The molecule has 17 heavy (non-hydrogen) atoms. The van der Waals surface area contributed by atoms with Crippen molar-refractivity contribution in [2.24, 2.45) is 0 Å². The molecule has 0 N–H and O–H groups in total. The number of hydrogen-bond acceptors (Lipinski definition) is 1. The minimum Gasteiger partial charge on any atom is -0.332 e. The fraction of sp³-hybridized carbons (Fsp3) is 0.417. The highest BCUT2D eigenvalue weighted by Crippen LogP contribution is 2.30. The summed E-state index contributed by atoms with van der Waals surface area (Å²) in [6, 6.07) is 9.57. The Bertz CT molecular complexity index is 373. The second-order valence-corrected chi connectivity index (χ2v) is 6.29. The van der Waals surface area contributed by atoms with Gasteiger partial charge in [0.1, 0.15) is 0 Å². The van der Waals surface area contributed by atoms with Gasteiger partial charge in [0.25, 0.3) is 9.70 Å². The van der Waals surface area contributed by atoms with Crippen LogP contribution in [-0.4, -0.2) is 20.6 Å². The van der Waals surface area contributed by atoms with Crippen LogP contribution >= 0.6 is 34.8 Å². The Morgan fingerprint density at radius 2 is 1.76 bits per heavy atom. The maximum Gasteiger partial charge on any atom is 0.275 e. The molecule has 1 amide bonds. The first-order valence-corrected chi connectivity index (χ1v) is 6.37. The molecule has 0 heterocycles. The summed E-state index contributed by atoms with van der Waals surface area (Å²) in [5.74, 6) is -0.499. The van der Waals surface area contributed by atoms with Gasteiger partial charge in [0, 0.05) is 12.6 Å². The van der Waals surface area contributed by atoms with Crippen molar-refractivity contribution in [2.45, 2.75) is 30.2 Å². The molecule has 0 aliphatic heterocycles. The third kappa shape index (κ3) is 4.38. The van der Waals surface area contributed by atoms with Crippen LogP contribution in [0.4, 0.5) is 0 Å². The number of benzene rings is 1. The number of alkyl halides is 3. The first-order chi connectivity index (χ1) is 7.82. The number of rotatable bonds is 3. The largest absolute Gasteiger partial charge is 0.332 e. The van der Waals surface area contributed by atoms with Gasteiger partial charge in [-0.25, -0.2) is 0 Å². The second-order valence-electron chi connectivity index (χ2n) is 4.01. The number of carbonyl (C=O) groups is 1. The molecule has 0 spiro atoms. The summed E-state index contributed by atoms with van der Waals surface area (Å²) in [5.41, 5.74) is 1.00. The Balaban J connectivity index is 2.85. The minimum absolute atomic E-state index is 0.0293. The molecule has 0 saturated heterocycles. The van der Waals surface area contributed by atoms with Crippen LogP contribution in [0, 0.1) is 0 Å². The fourth-order valence-electron chi connectivity index (χ4n) is 1.43. The van der Waals surface area contributed by atoms with Gasteiger partial charge in [-0.2, -0.15) is 0 Å². The van der Waals surface area contributed by atoms with Crippen molar-refractivity contribution in [1.29, 1.82) is 0 Å². The van der Waals surface area contributed by atoms with Crippen molar-refractivity contribution in [1.82, 2.24) is 4.90 Å². The van der Waals surface area contributed by atoms with E-state index in [0.29, 0.717) is 6.54 Å². The van der Waals surface area contributed by atoms with E-state index >= 15 is 0 Å². The summed E-state index contributed by atoms with van der Waals surface area (Å²) in [7, 11) is 0. The standard InChI is InChI=1S/C12H14Cl3NO/c1-9(2)16(11(17)12(13,14)15)8-10-6-4-3-5-7-10/h3-7,9H,8H2,1-2H3. The van der Waals surface area contributed by atoms with Gasteiger partial charge in [-0.1, -0.05) is 65.1 Å². The molecule has 1 rings (SSSR count). The average molecular weight is 295 g/mol. The average Bonchev–Trinajstić information content (AvgIpc) is 2.24. The SMILES string of the molecule is CC(C)N(Cc1ccccc1)C(=O)C(Cl)(Cl)Cl. The van der Waals surface area contributed by atoms with Gasteiger partial charge in [0.2, 0.25) is 0 Å². The van der Waals surface area contributed by atoms with Crippen LogP contribution in [-0.2, 0) is 11.3 Å². The number of carbonyl (C=O) groups excluding carboxylic acids is 1. The zero-order chi connectivity index (χ0) is 13.1. The number of halogens is 3. The van der Waals surface area contributed by atoms with E-state index in [-0.39, 0.29) is 6.04 Å². The Hall–Kier alpha value is -0.440. The van der Waals surface area contributed by atoms with Gasteiger partial charge >= 0.3 is 0 Å². The lowest BCUT2D eigenvalue weighted by molar-refractivity contribution is -0.132. The third-order valence-electron chi connectivity index (χ3n) is 2.32. The predicted octanol–water partition coefficient (Wildman–Crippen LogP) is 3.79. The van der Waals surface area contributed by atoms with Crippen molar-refractivity contribution in [2.75, 3.05) is 0 Å². The Kier molecular flexibility index (Phi) is 5.11. The van der Waals surface area contributed by atoms with Gasteiger partial charge in [-0.3, -0.25) is 4.79 Å². The molecule has 0 unspecified atom stereocenters. The first kappa shape index (κ1) is 14.6. The van der Waals surface area contributed by atoms with Crippen LogP contribution in [0.5, 0.6) is 0 Å². The molecule has 1 aromatic carbocycles. The molecule has 5 heteroatoms. The highest BCUT2D eigenvalue weighted by atomic mass is 35.6. The lowest BCUT2D eigenvalue weighted by atomic mass is 10.2. The predicted molar refractivity (Wildman–Crippen MR) is 72.4 cm³/mol. The molecule has 0 aromatic heterocycles. The van der Waals surface area contributed by atoms with E-state index in [0.717, 1.165) is 5.56 Å². The molecule has 1 aromatic rings. The van der Waals surface area contributed by atoms with Crippen molar-refractivity contribution in [3.8, 4) is 0 Å². The summed E-state index contributed by atoms with van der Waals surface area (Å²) in [4.78, 5) is 13.5. The Labute approximate surface area is 116 Å². The van der Waals surface area contributed by atoms with E-state index in [1.807, 2.05) is 44.2 Å². The molecule has 0 bridgehead atoms. The zero-order valence-electron chi connectivity index (χ0n) is 9.66. The highest BCUT2D eigenvalue weighted by Gasteiger charge is 2.36. The van der Waals surface area contributed by atoms with E-state index in [1.54, 1.807) is 4.90 Å². The highest BCUT2D eigenvalue weighted by molar-refractivity contribution is 6.76. The molecule has 0 atom stereocenters. The summed E-state index contributed by atoms with van der Waals surface area (Å²) < 4.78 is -1.90. The summed E-state index contributed by atoms with van der Waals surface area (Å²) >= 11 is 16.9. The van der Waals surface area contributed by atoms with Gasteiger partial charge in [0.05, 0.1) is 0 Å². The number of hydrogen-bond donors (Lipinski definition) is 0. The molecule has 0 saturated carbocycles. The van der Waals surface area contributed by atoms with Crippen LogP contribution in [0.15, 0.2) is 30.3 Å². The van der Waals surface area contributed by atoms with Crippen LogP contribution in [0.25, 0.3) is 0 Å². The van der Waals surface area contributed by atoms with E-state index in [4.69, 9.17) is 34.8 Å². The molecule has 2 nitrogen and oxygen atoms in total. The maximum absolute atomic E-state index is 11.9. The van der Waals surface area contributed by atoms with Crippen molar-refractivity contribution < 1.29 is 4.79 Å². The van der Waals surface area contributed by atoms with Crippen LogP contribution in [0.2, 0.25) is 0 Å². The number of nitrogens with zero attached hydrogens (tertiary/aromatic N) is 1. The molecule has 0 aliphatic rings. The molecular formula is C12H14Cl3NO. The lowest BCUT2D eigenvalue weighted by Crippen LogP contribution is -2.43. The summed E-state index contributed by atoms with van der Waals surface area (Å²) in [6.45, 7) is 4.21. The Morgan fingerprint density at radius 1 is 1.24 bits per heavy atom. The molecule has 0 fully saturated rings. The van der Waals surface area contributed by atoms with Crippen LogP contribution in [0.1, 0.15) is 19.4 Å². The quantitative estimate of drug-likeness (QED) is 0.777. The van der Waals surface area contributed by atoms with Gasteiger partial charge < -0.3 is 4.90 Å².